The molecule has 1 spiro atoms. The van der Waals surface area contributed by atoms with Crippen LogP contribution < -0.4 is 0 Å². The Morgan fingerprint density at radius 2 is 1.76 bits per heavy atom. The number of fused-ring (bicyclic) bond motifs is 2. The average molecular weight is 524 g/mol. The van der Waals surface area contributed by atoms with Crippen molar-refractivity contribution in [3.8, 4) is 0 Å². The predicted octanol–water partition coefficient (Wildman–Crippen LogP) is 0.368. The number of amides is 1. The minimum Gasteiger partial charge on any atom is -0.465 e. The number of carbonyl (C=O) groups is 2. The van der Waals surface area contributed by atoms with Crippen LogP contribution in [0.1, 0.15) is 39.5 Å². The van der Waals surface area contributed by atoms with Crippen LogP contribution in [0.2, 0.25) is 0 Å². The van der Waals surface area contributed by atoms with Gasteiger partial charge in [0.15, 0.2) is 0 Å². The molecule has 0 aromatic rings. The second-order valence-electron chi connectivity index (χ2n) is 12.5. The molecule has 2 N–H and O–H groups in total. The quantitative estimate of drug-likeness (QED) is 0.475. The number of rotatable bonds is 6. The number of nitrogens with zero attached hydrogens (tertiary/aromatic N) is 1. The van der Waals surface area contributed by atoms with E-state index >= 15 is 0 Å². The molecule has 6 fully saturated rings. The summed E-state index contributed by atoms with van der Waals surface area (Å²) >= 11 is 0. The molecule has 208 valence electrons. The van der Waals surface area contributed by atoms with Crippen molar-refractivity contribution < 1.29 is 43.5 Å². The van der Waals surface area contributed by atoms with E-state index in [0.717, 1.165) is 6.42 Å². The smallest absolute Gasteiger partial charge is 0.302 e. The summed E-state index contributed by atoms with van der Waals surface area (Å²) < 4.78 is 30.1. The lowest BCUT2D eigenvalue weighted by Gasteiger charge is -2.69. The first-order valence-electron chi connectivity index (χ1n) is 13.5. The summed E-state index contributed by atoms with van der Waals surface area (Å²) in [5.74, 6) is -1.34. The molecule has 0 radical (unpaired) electrons. The Balaban J connectivity index is 1.67. The van der Waals surface area contributed by atoms with Gasteiger partial charge in [-0.25, -0.2) is 0 Å². The van der Waals surface area contributed by atoms with E-state index in [1.807, 2.05) is 0 Å². The fraction of sp³-hybridized carbons (Fsp3) is 0.926. The zero-order valence-electron chi connectivity index (χ0n) is 22.6. The molecule has 13 atom stereocenters. The number of methoxy groups -OCH3 is 4. The lowest BCUT2D eigenvalue weighted by atomic mass is 9.42. The molecule has 1 aliphatic heterocycles. The largest absolute Gasteiger partial charge is 0.465 e. The van der Waals surface area contributed by atoms with Crippen LogP contribution in [0.25, 0.3) is 0 Å². The van der Waals surface area contributed by atoms with E-state index in [-0.39, 0.29) is 66.9 Å². The van der Waals surface area contributed by atoms with E-state index in [1.165, 1.54) is 13.8 Å². The Labute approximate surface area is 217 Å². The lowest BCUT2D eigenvalue weighted by Crippen LogP contribution is -2.82. The molecule has 0 aromatic heterocycles. The number of carbonyl (C=O) groups excluding carboxylic acids is 2. The van der Waals surface area contributed by atoms with Crippen molar-refractivity contribution in [2.45, 2.75) is 81.2 Å². The van der Waals surface area contributed by atoms with Gasteiger partial charge in [0.05, 0.1) is 37.1 Å². The van der Waals surface area contributed by atoms with E-state index in [4.69, 9.17) is 23.7 Å². The molecule has 37 heavy (non-hydrogen) atoms. The van der Waals surface area contributed by atoms with Crippen molar-refractivity contribution in [2.24, 2.45) is 34.5 Å². The van der Waals surface area contributed by atoms with Gasteiger partial charge in [0, 0.05) is 83.8 Å². The maximum atomic E-state index is 13.4. The highest BCUT2D eigenvalue weighted by molar-refractivity contribution is 5.75. The van der Waals surface area contributed by atoms with Gasteiger partial charge in [-0.1, -0.05) is 0 Å². The lowest BCUT2D eigenvalue weighted by molar-refractivity contribution is -0.317. The van der Waals surface area contributed by atoms with Crippen molar-refractivity contribution in [1.29, 1.82) is 0 Å². The normalized spacial score (nSPS) is 54.8. The summed E-state index contributed by atoms with van der Waals surface area (Å²) in [7, 11) is 6.56. The molecule has 6 rings (SSSR count). The number of ether oxygens (including phenoxy) is 5. The number of likely N-dealkylation sites (tertiary alicyclic amines) is 1. The molecular formula is C27H41NO9. The molecule has 0 aromatic carbocycles. The van der Waals surface area contributed by atoms with Crippen molar-refractivity contribution in [1.82, 2.24) is 4.90 Å². The molecule has 7 bridgehead atoms. The van der Waals surface area contributed by atoms with Crippen molar-refractivity contribution in [2.75, 3.05) is 41.6 Å². The molecule has 6 aliphatic rings. The SMILES string of the molecule is CO[C@H]1[C@@H]2C[C@@H]3[C@H]1[C@](O)(C[C@@H]2OC)[C@@]1(O)[C@@H](OC)[C@@H]2[C@@]4(COC(C)=O)CC[C@H](OC)[C@@]32[C@@H]1N(C(C)=O)C4. The van der Waals surface area contributed by atoms with Crippen LogP contribution in [0.5, 0.6) is 0 Å². The zero-order valence-corrected chi connectivity index (χ0v) is 22.6. The fourth-order valence-corrected chi connectivity index (χ4v) is 11.1. The molecule has 5 aliphatic carbocycles. The first-order chi connectivity index (χ1) is 17.5. The Hall–Kier alpha value is -1.30. The highest BCUT2D eigenvalue weighted by Gasteiger charge is 2.92. The van der Waals surface area contributed by atoms with E-state index in [0.29, 0.717) is 19.4 Å². The fourth-order valence-electron chi connectivity index (χ4n) is 11.1. The Kier molecular flexibility index (Phi) is 5.69. The van der Waals surface area contributed by atoms with Crippen molar-refractivity contribution in [3.63, 3.8) is 0 Å². The summed E-state index contributed by atoms with van der Waals surface area (Å²) in [5.41, 5.74) is -4.80. The van der Waals surface area contributed by atoms with Crippen molar-refractivity contribution in [3.05, 3.63) is 0 Å². The summed E-state index contributed by atoms with van der Waals surface area (Å²) in [6.45, 7) is 3.34. The Bertz CT molecular complexity index is 993. The monoisotopic (exact) mass is 523 g/mol. The van der Waals surface area contributed by atoms with Gasteiger partial charge in [0.25, 0.3) is 0 Å². The van der Waals surface area contributed by atoms with Gasteiger partial charge in [-0.3, -0.25) is 9.59 Å². The van der Waals surface area contributed by atoms with Crippen LogP contribution in [0.4, 0.5) is 0 Å². The first-order valence-corrected chi connectivity index (χ1v) is 13.5. The number of aliphatic hydroxyl groups is 2. The van der Waals surface area contributed by atoms with Gasteiger partial charge in [-0.2, -0.15) is 0 Å². The number of hydrogen-bond donors (Lipinski definition) is 2. The average Bonchev–Trinajstić information content (AvgIpc) is 3.27. The predicted molar refractivity (Wildman–Crippen MR) is 128 cm³/mol. The zero-order chi connectivity index (χ0) is 26.7. The summed E-state index contributed by atoms with van der Waals surface area (Å²) in [6, 6.07) is -0.721. The number of esters is 1. The molecule has 1 saturated heterocycles. The molecule has 10 nitrogen and oxygen atoms in total. The van der Waals surface area contributed by atoms with Gasteiger partial charge in [0.2, 0.25) is 5.91 Å². The topological polar surface area (TPSA) is 124 Å². The van der Waals surface area contributed by atoms with Crippen LogP contribution in [-0.2, 0) is 33.3 Å². The van der Waals surface area contributed by atoms with Crippen LogP contribution in [-0.4, -0.2) is 110 Å². The standard InChI is InChI=1S/C27H41NO9/c1-13(29)28-11-24(12-37-14(2)30)8-7-18(34-4)26-16-9-15-17(33-3)10-25(31,19(16)20(15)35-5)27(32,23(26)28)22(36-6)21(24)26/h15-23,31-32H,7-12H2,1-6H3/t15-,16-,17+,18+,19-,20+,21-,22+,23+,24+,25-,26+,27-/m1/s1. The van der Waals surface area contributed by atoms with Gasteiger partial charge >= 0.3 is 5.97 Å². The minimum atomic E-state index is -1.80. The van der Waals surface area contributed by atoms with Crippen LogP contribution >= 0.6 is 0 Å². The summed E-state index contributed by atoms with van der Waals surface area (Å²) in [5, 5.41) is 25.9. The van der Waals surface area contributed by atoms with Crippen LogP contribution in [0.3, 0.4) is 0 Å². The Morgan fingerprint density at radius 1 is 1.03 bits per heavy atom. The third kappa shape index (κ3) is 2.68. The second kappa shape index (κ2) is 8.11. The van der Waals surface area contributed by atoms with E-state index in [9.17, 15) is 19.8 Å². The van der Waals surface area contributed by atoms with Gasteiger partial charge in [0.1, 0.15) is 11.2 Å². The maximum absolute atomic E-state index is 13.4. The molecule has 5 saturated carbocycles. The molecule has 0 unspecified atom stereocenters. The summed E-state index contributed by atoms with van der Waals surface area (Å²) in [4.78, 5) is 27.2. The number of piperidine rings is 1. The maximum Gasteiger partial charge on any atom is 0.302 e. The van der Waals surface area contributed by atoms with Crippen molar-refractivity contribution >= 4 is 11.9 Å². The third-order valence-corrected chi connectivity index (χ3v) is 11.8. The van der Waals surface area contributed by atoms with E-state index < -0.39 is 34.2 Å². The molecule has 1 amide bonds. The molecule has 1 heterocycles. The second-order valence-corrected chi connectivity index (χ2v) is 12.5. The van der Waals surface area contributed by atoms with Gasteiger partial charge in [-0.05, 0) is 25.2 Å². The van der Waals surface area contributed by atoms with E-state index in [2.05, 4.69) is 0 Å². The van der Waals surface area contributed by atoms with Gasteiger partial charge < -0.3 is 38.8 Å². The highest BCUT2D eigenvalue weighted by Crippen LogP contribution is 2.80. The van der Waals surface area contributed by atoms with Crippen LogP contribution in [0, 0.1) is 34.5 Å². The first kappa shape index (κ1) is 26.0. The molecule has 10 heteroatoms. The van der Waals surface area contributed by atoms with Crippen LogP contribution in [0.15, 0.2) is 0 Å². The summed E-state index contributed by atoms with van der Waals surface area (Å²) in [6.07, 6.45) is 0.568. The van der Waals surface area contributed by atoms with Gasteiger partial charge in [-0.15, -0.1) is 0 Å². The number of hydrogen-bond acceptors (Lipinski definition) is 9. The minimum absolute atomic E-state index is 0.0393. The highest BCUT2D eigenvalue weighted by atomic mass is 16.5. The molecular weight excluding hydrogens is 482 g/mol. The van der Waals surface area contributed by atoms with E-state index in [1.54, 1.807) is 33.3 Å². The Morgan fingerprint density at radius 3 is 2.32 bits per heavy atom. The third-order valence-electron chi connectivity index (χ3n) is 11.8.